The Labute approximate surface area is 107 Å². The summed E-state index contributed by atoms with van der Waals surface area (Å²) in [5.74, 6) is 0. The Bertz CT molecular complexity index is 516. The molecule has 17 heavy (non-hydrogen) atoms. The van der Waals surface area contributed by atoms with E-state index in [1.165, 1.54) is 0 Å². The van der Waals surface area contributed by atoms with Crippen molar-refractivity contribution in [3.05, 3.63) is 28.3 Å². The first kappa shape index (κ1) is 10.9. The molecule has 6 nitrogen and oxygen atoms in total. The highest BCUT2D eigenvalue weighted by atomic mass is 79.9. The summed E-state index contributed by atoms with van der Waals surface area (Å²) in [5.41, 5.74) is 1.79. The second kappa shape index (κ2) is 4.23. The smallest absolute Gasteiger partial charge is 0.122 e. The minimum atomic E-state index is 0.460. The molecule has 1 saturated heterocycles. The molecule has 1 fully saturated rings. The van der Waals surface area contributed by atoms with Crippen molar-refractivity contribution in [2.45, 2.75) is 19.5 Å². The minimum absolute atomic E-state index is 0.460. The zero-order chi connectivity index (χ0) is 11.8. The first-order valence-corrected chi connectivity index (χ1v) is 6.22. The van der Waals surface area contributed by atoms with Gasteiger partial charge in [0.1, 0.15) is 11.4 Å². The van der Waals surface area contributed by atoms with Crippen molar-refractivity contribution < 1.29 is 4.63 Å². The van der Waals surface area contributed by atoms with Gasteiger partial charge in [0.25, 0.3) is 0 Å². The van der Waals surface area contributed by atoms with Gasteiger partial charge >= 0.3 is 0 Å². The predicted octanol–water partition coefficient (Wildman–Crippen LogP) is 1.39. The highest BCUT2D eigenvalue weighted by Crippen LogP contribution is 2.23. The molecule has 0 aliphatic carbocycles. The van der Waals surface area contributed by atoms with Crippen molar-refractivity contribution in [3.63, 3.8) is 0 Å². The van der Waals surface area contributed by atoms with E-state index in [2.05, 4.69) is 40.9 Å². The number of likely N-dealkylation sites (tertiary alicyclic amines) is 1. The van der Waals surface area contributed by atoms with E-state index in [4.69, 9.17) is 0 Å². The minimum Gasteiger partial charge on any atom is -0.293 e. The summed E-state index contributed by atoms with van der Waals surface area (Å²) in [6.45, 7) is 4.68. The molecular weight excluding hydrogens is 286 g/mol. The fraction of sp³-hybridized carbons (Fsp3) is 0.500. The highest BCUT2D eigenvalue weighted by Gasteiger charge is 2.29. The fourth-order valence-corrected chi connectivity index (χ4v) is 2.26. The quantitative estimate of drug-likeness (QED) is 0.857. The zero-order valence-electron chi connectivity index (χ0n) is 9.38. The van der Waals surface area contributed by atoms with Crippen molar-refractivity contribution in [3.8, 4) is 0 Å². The van der Waals surface area contributed by atoms with Gasteiger partial charge in [-0.15, -0.1) is 0 Å². The molecule has 0 unspecified atom stereocenters. The third-order valence-electron chi connectivity index (χ3n) is 3.00. The molecule has 3 heterocycles. The van der Waals surface area contributed by atoms with Crippen LogP contribution in [0.15, 0.2) is 21.5 Å². The van der Waals surface area contributed by atoms with Gasteiger partial charge in [-0.25, -0.2) is 4.63 Å². The molecule has 90 valence electrons. The van der Waals surface area contributed by atoms with Gasteiger partial charge in [0.15, 0.2) is 0 Å². The second-order valence-corrected chi connectivity index (χ2v) is 5.20. The summed E-state index contributed by atoms with van der Waals surface area (Å²) in [6.07, 6.45) is 3.82. The van der Waals surface area contributed by atoms with Crippen LogP contribution in [-0.4, -0.2) is 38.1 Å². The van der Waals surface area contributed by atoms with Gasteiger partial charge in [0.05, 0.1) is 16.7 Å². The van der Waals surface area contributed by atoms with Gasteiger partial charge < -0.3 is 0 Å². The van der Waals surface area contributed by atoms with Gasteiger partial charge in [0, 0.05) is 25.8 Å². The van der Waals surface area contributed by atoms with Gasteiger partial charge in [-0.05, 0) is 22.9 Å². The molecule has 0 saturated carbocycles. The summed E-state index contributed by atoms with van der Waals surface area (Å²) in [7, 11) is 0. The molecule has 0 spiro atoms. The lowest BCUT2D eigenvalue weighted by Gasteiger charge is -2.38. The number of aryl methyl sites for hydroxylation is 1. The van der Waals surface area contributed by atoms with Gasteiger partial charge in [0.2, 0.25) is 0 Å². The summed E-state index contributed by atoms with van der Waals surface area (Å²) >= 11 is 3.40. The summed E-state index contributed by atoms with van der Waals surface area (Å²) in [6, 6.07) is 0.460. The molecule has 3 rings (SSSR count). The van der Waals surface area contributed by atoms with E-state index in [0.29, 0.717) is 6.04 Å². The Morgan fingerprint density at radius 3 is 2.88 bits per heavy atom. The molecular formula is C10H12BrN5O. The third kappa shape index (κ3) is 2.12. The Balaban J connectivity index is 1.57. The van der Waals surface area contributed by atoms with Crippen molar-refractivity contribution in [2.75, 3.05) is 13.1 Å². The number of hydrogen-bond donors (Lipinski definition) is 0. The van der Waals surface area contributed by atoms with Gasteiger partial charge in [-0.1, -0.05) is 10.3 Å². The number of rotatable bonds is 3. The van der Waals surface area contributed by atoms with E-state index in [1.807, 2.05) is 24.0 Å². The summed E-state index contributed by atoms with van der Waals surface area (Å²) in [5, 5.41) is 11.9. The van der Waals surface area contributed by atoms with E-state index in [0.717, 1.165) is 35.5 Å². The topological polar surface area (TPSA) is 60.0 Å². The van der Waals surface area contributed by atoms with E-state index < -0.39 is 0 Å². The maximum Gasteiger partial charge on any atom is 0.122 e. The van der Waals surface area contributed by atoms with E-state index in [9.17, 15) is 0 Å². The molecule has 7 heteroatoms. The summed E-state index contributed by atoms with van der Waals surface area (Å²) < 4.78 is 7.69. The van der Waals surface area contributed by atoms with E-state index >= 15 is 0 Å². The lowest BCUT2D eigenvalue weighted by Crippen LogP contribution is -2.47. The molecule has 0 radical (unpaired) electrons. The average Bonchev–Trinajstić information content (AvgIpc) is 2.81. The largest absolute Gasteiger partial charge is 0.293 e. The number of nitrogens with zero attached hydrogens (tertiary/aromatic N) is 5. The molecule has 1 aliphatic rings. The van der Waals surface area contributed by atoms with Crippen LogP contribution >= 0.6 is 15.9 Å². The van der Waals surface area contributed by atoms with Crippen molar-refractivity contribution >= 4 is 15.9 Å². The van der Waals surface area contributed by atoms with Crippen LogP contribution < -0.4 is 0 Å². The maximum atomic E-state index is 4.68. The highest BCUT2D eigenvalue weighted by molar-refractivity contribution is 9.10. The fourth-order valence-electron chi connectivity index (χ4n) is 1.96. The van der Waals surface area contributed by atoms with Crippen LogP contribution in [0.25, 0.3) is 0 Å². The standard InChI is InChI=1S/C10H12BrN5O/c1-7-10(14-17-13-7)6-15-4-9(5-15)16-3-8(11)2-12-16/h2-3,9H,4-6H2,1H3. The van der Waals surface area contributed by atoms with Crippen molar-refractivity contribution in [2.24, 2.45) is 0 Å². The number of hydrogen-bond acceptors (Lipinski definition) is 5. The molecule has 0 atom stereocenters. The Morgan fingerprint density at radius 1 is 1.47 bits per heavy atom. The lowest BCUT2D eigenvalue weighted by molar-refractivity contribution is 0.0880. The molecule has 0 amide bonds. The number of halogens is 1. The van der Waals surface area contributed by atoms with Crippen LogP contribution in [0.5, 0.6) is 0 Å². The monoisotopic (exact) mass is 297 g/mol. The first-order chi connectivity index (χ1) is 8.22. The van der Waals surface area contributed by atoms with Crippen LogP contribution in [0.4, 0.5) is 0 Å². The van der Waals surface area contributed by atoms with Gasteiger partial charge in [-0.3, -0.25) is 9.58 Å². The van der Waals surface area contributed by atoms with Crippen LogP contribution in [0.1, 0.15) is 17.4 Å². The molecule has 0 aromatic carbocycles. The lowest BCUT2D eigenvalue weighted by atomic mass is 10.1. The van der Waals surface area contributed by atoms with Crippen LogP contribution in [0, 0.1) is 6.92 Å². The van der Waals surface area contributed by atoms with Crippen LogP contribution in [-0.2, 0) is 6.54 Å². The van der Waals surface area contributed by atoms with E-state index in [1.54, 1.807) is 0 Å². The number of aromatic nitrogens is 4. The molecule has 0 bridgehead atoms. The predicted molar refractivity (Wildman–Crippen MR) is 63.3 cm³/mol. The molecule has 0 N–H and O–H groups in total. The Hall–Kier alpha value is -1.21. The average molecular weight is 298 g/mol. The normalized spacial score (nSPS) is 17.3. The zero-order valence-corrected chi connectivity index (χ0v) is 11.0. The van der Waals surface area contributed by atoms with Crippen LogP contribution in [0.3, 0.4) is 0 Å². The maximum absolute atomic E-state index is 4.68. The first-order valence-electron chi connectivity index (χ1n) is 5.42. The Morgan fingerprint density at radius 2 is 2.29 bits per heavy atom. The molecule has 2 aromatic heterocycles. The SMILES string of the molecule is Cc1nonc1CN1CC(n2cc(Br)cn2)C1. The Kier molecular flexibility index (Phi) is 2.71. The van der Waals surface area contributed by atoms with Crippen molar-refractivity contribution in [1.29, 1.82) is 0 Å². The summed E-state index contributed by atoms with van der Waals surface area (Å²) in [4.78, 5) is 2.30. The molecule has 2 aromatic rings. The van der Waals surface area contributed by atoms with Crippen LogP contribution in [0.2, 0.25) is 0 Å². The van der Waals surface area contributed by atoms with Gasteiger partial charge in [-0.2, -0.15) is 5.10 Å². The molecule has 1 aliphatic heterocycles. The van der Waals surface area contributed by atoms with Crippen molar-refractivity contribution in [1.82, 2.24) is 25.0 Å². The second-order valence-electron chi connectivity index (χ2n) is 4.28. The van der Waals surface area contributed by atoms with E-state index in [-0.39, 0.29) is 0 Å². The third-order valence-corrected chi connectivity index (χ3v) is 3.41.